The number of ether oxygens (including phenoxy) is 1. The molecule has 3 N–H and O–H groups in total. The molecule has 0 radical (unpaired) electrons. The van der Waals surface area contributed by atoms with Gasteiger partial charge in [-0.15, -0.1) is 0 Å². The number of para-hydroxylation sites is 1. The summed E-state index contributed by atoms with van der Waals surface area (Å²) >= 11 is 0. The first-order valence-electron chi connectivity index (χ1n) is 10.8. The quantitative estimate of drug-likeness (QED) is 0.557. The van der Waals surface area contributed by atoms with Crippen LogP contribution in [0.25, 0.3) is 0 Å². The van der Waals surface area contributed by atoms with E-state index in [1.165, 1.54) is 0 Å². The molecule has 3 aromatic rings. The van der Waals surface area contributed by atoms with E-state index in [9.17, 15) is 14.4 Å². The Morgan fingerprint density at radius 3 is 2.48 bits per heavy atom. The van der Waals surface area contributed by atoms with Gasteiger partial charge in [0.1, 0.15) is 12.4 Å². The lowest BCUT2D eigenvalue weighted by Crippen LogP contribution is -2.24. The number of nitrogens with two attached hydrogens (primary N) is 1. The number of anilines is 1. The Kier molecular flexibility index (Phi) is 6.69. The van der Waals surface area contributed by atoms with E-state index < -0.39 is 5.91 Å². The third-order valence-corrected chi connectivity index (χ3v) is 5.51. The molecule has 1 saturated heterocycles. The molecule has 168 valence electrons. The van der Waals surface area contributed by atoms with E-state index in [1.54, 1.807) is 47.4 Å². The molecule has 1 fully saturated rings. The van der Waals surface area contributed by atoms with Gasteiger partial charge in [-0.1, -0.05) is 36.4 Å². The van der Waals surface area contributed by atoms with Gasteiger partial charge in [-0.25, -0.2) is 0 Å². The van der Waals surface area contributed by atoms with Crippen molar-refractivity contribution >= 4 is 23.4 Å². The van der Waals surface area contributed by atoms with Crippen molar-refractivity contribution < 1.29 is 19.1 Å². The number of hydrogen-bond donors (Lipinski definition) is 2. The van der Waals surface area contributed by atoms with E-state index in [0.29, 0.717) is 29.8 Å². The standard InChI is InChI=1S/C26H25N3O4/c27-25(31)22-7-1-2-8-23(22)33-17-19-5-3-6-20(15-19)26(32)28-16-18-10-12-21(13-11-18)29-14-4-9-24(29)30/h1-3,5-8,10-13,15H,4,9,14,16-17H2,(H2,27,31)(H,28,32). The molecule has 3 amide bonds. The van der Waals surface area contributed by atoms with E-state index in [-0.39, 0.29) is 18.4 Å². The predicted octanol–water partition coefficient (Wildman–Crippen LogP) is 3.42. The SMILES string of the molecule is NC(=O)c1ccccc1OCc1cccc(C(=O)NCc2ccc(N3CCCC3=O)cc2)c1. The number of primary amides is 1. The second-order valence-electron chi connectivity index (χ2n) is 7.85. The summed E-state index contributed by atoms with van der Waals surface area (Å²) in [5.41, 5.74) is 8.84. The van der Waals surface area contributed by atoms with Crippen LogP contribution in [0.4, 0.5) is 5.69 Å². The highest BCUT2D eigenvalue weighted by molar-refractivity contribution is 5.96. The van der Waals surface area contributed by atoms with Crippen LogP contribution in [-0.4, -0.2) is 24.3 Å². The van der Waals surface area contributed by atoms with E-state index in [2.05, 4.69) is 5.32 Å². The van der Waals surface area contributed by atoms with Crippen LogP contribution in [0.5, 0.6) is 5.75 Å². The van der Waals surface area contributed by atoms with Crippen LogP contribution in [0.15, 0.2) is 72.8 Å². The van der Waals surface area contributed by atoms with Gasteiger partial charge in [-0.05, 0) is 53.9 Å². The molecule has 1 heterocycles. The number of nitrogens with one attached hydrogen (secondary N) is 1. The second-order valence-corrected chi connectivity index (χ2v) is 7.85. The summed E-state index contributed by atoms with van der Waals surface area (Å²) in [5, 5.41) is 2.92. The van der Waals surface area contributed by atoms with E-state index >= 15 is 0 Å². The van der Waals surface area contributed by atoms with Gasteiger partial charge < -0.3 is 20.7 Å². The van der Waals surface area contributed by atoms with Crippen LogP contribution in [0.3, 0.4) is 0 Å². The molecule has 1 aliphatic heterocycles. The zero-order chi connectivity index (χ0) is 23.2. The number of carbonyl (C=O) groups is 3. The van der Waals surface area contributed by atoms with Crippen LogP contribution in [0, 0.1) is 0 Å². The molecular formula is C26H25N3O4. The fraction of sp³-hybridized carbons (Fsp3) is 0.192. The largest absolute Gasteiger partial charge is 0.488 e. The Hall–Kier alpha value is -4.13. The molecule has 7 heteroatoms. The van der Waals surface area contributed by atoms with Crippen LogP contribution < -0.4 is 20.7 Å². The van der Waals surface area contributed by atoms with Gasteiger partial charge in [0.2, 0.25) is 5.91 Å². The van der Waals surface area contributed by atoms with Gasteiger partial charge >= 0.3 is 0 Å². The minimum Gasteiger partial charge on any atom is -0.488 e. The zero-order valence-electron chi connectivity index (χ0n) is 18.1. The lowest BCUT2D eigenvalue weighted by molar-refractivity contribution is -0.117. The summed E-state index contributed by atoms with van der Waals surface area (Å²) in [6, 6.07) is 21.6. The number of benzene rings is 3. The van der Waals surface area contributed by atoms with Crippen molar-refractivity contribution in [1.29, 1.82) is 0 Å². The maximum Gasteiger partial charge on any atom is 0.252 e. The summed E-state index contributed by atoms with van der Waals surface area (Å²) in [7, 11) is 0. The highest BCUT2D eigenvalue weighted by Crippen LogP contribution is 2.22. The molecule has 4 rings (SSSR count). The van der Waals surface area contributed by atoms with Gasteiger partial charge in [0.05, 0.1) is 5.56 Å². The molecule has 3 aromatic carbocycles. The van der Waals surface area contributed by atoms with Crippen molar-refractivity contribution in [1.82, 2.24) is 5.32 Å². The van der Waals surface area contributed by atoms with Crippen LogP contribution >= 0.6 is 0 Å². The third-order valence-electron chi connectivity index (χ3n) is 5.51. The van der Waals surface area contributed by atoms with Crippen molar-refractivity contribution in [2.75, 3.05) is 11.4 Å². The molecule has 0 bridgehead atoms. The molecule has 0 unspecified atom stereocenters. The molecule has 1 aliphatic rings. The molecule has 7 nitrogen and oxygen atoms in total. The van der Waals surface area contributed by atoms with Crippen molar-refractivity contribution in [2.24, 2.45) is 5.73 Å². The smallest absolute Gasteiger partial charge is 0.252 e. The van der Waals surface area contributed by atoms with Crippen molar-refractivity contribution in [2.45, 2.75) is 26.0 Å². The minimum atomic E-state index is -0.557. The lowest BCUT2D eigenvalue weighted by atomic mass is 10.1. The molecule has 0 aliphatic carbocycles. The highest BCUT2D eigenvalue weighted by atomic mass is 16.5. The van der Waals surface area contributed by atoms with E-state index in [4.69, 9.17) is 10.5 Å². The van der Waals surface area contributed by atoms with Gasteiger partial charge in [0, 0.05) is 30.8 Å². The van der Waals surface area contributed by atoms with Crippen LogP contribution in [0.1, 0.15) is 44.7 Å². The van der Waals surface area contributed by atoms with Crippen LogP contribution in [-0.2, 0) is 17.9 Å². The van der Waals surface area contributed by atoms with Crippen LogP contribution in [0.2, 0.25) is 0 Å². The van der Waals surface area contributed by atoms with Crippen molar-refractivity contribution in [3.8, 4) is 5.75 Å². The molecule has 33 heavy (non-hydrogen) atoms. The van der Waals surface area contributed by atoms with Gasteiger partial charge in [0.25, 0.3) is 11.8 Å². The Bertz CT molecular complexity index is 1170. The summed E-state index contributed by atoms with van der Waals surface area (Å²) < 4.78 is 5.75. The van der Waals surface area contributed by atoms with Gasteiger partial charge in [-0.3, -0.25) is 14.4 Å². The number of carbonyl (C=O) groups excluding carboxylic acids is 3. The maximum atomic E-state index is 12.6. The number of amides is 3. The first-order chi connectivity index (χ1) is 16.0. The number of rotatable bonds is 8. The van der Waals surface area contributed by atoms with Crippen molar-refractivity contribution in [3.63, 3.8) is 0 Å². The average molecular weight is 444 g/mol. The fourth-order valence-electron chi connectivity index (χ4n) is 3.76. The number of hydrogen-bond acceptors (Lipinski definition) is 4. The summed E-state index contributed by atoms with van der Waals surface area (Å²) in [4.78, 5) is 37.8. The normalized spacial score (nSPS) is 13.1. The lowest BCUT2D eigenvalue weighted by Gasteiger charge is -2.16. The van der Waals surface area contributed by atoms with E-state index in [0.717, 1.165) is 29.8 Å². The Morgan fingerprint density at radius 1 is 0.970 bits per heavy atom. The first kappa shape index (κ1) is 22.1. The van der Waals surface area contributed by atoms with Gasteiger partial charge in [0.15, 0.2) is 0 Å². The summed E-state index contributed by atoms with van der Waals surface area (Å²) in [6.07, 6.45) is 1.48. The number of nitrogens with zero attached hydrogens (tertiary/aromatic N) is 1. The predicted molar refractivity (Wildman–Crippen MR) is 125 cm³/mol. The third kappa shape index (κ3) is 5.38. The molecule has 0 atom stereocenters. The summed E-state index contributed by atoms with van der Waals surface area (Å²) in [6.45, 7) is 1.32. The monoisotopic (exact) mass is 443 g/mol. The van der Waals surface area contributed by atoms with Gasteiger partial charge in [-0.2, -0.15) is 0 Å². The van der Waals surface area contributed by atoms with Crippen molar-refractivity contribution in [3.05, 3.63) is 95.1 Å². The average Bonchev–Trinajstić information content (AvgIpc) is 3.27. The summed E-state index contributed by atoms with van der Waals surface area (Å²) in [5.74, 6) is -0.205. The highest BCUT2D eigenvalue weighted by Gasteiger charge is 2.21. The first-order valence-corrected chi connectivity index (χ1v) is 10.8. The maximum absolute atomic E-state index is 12.6. The zero-order valence-corrected chi connectivity index (χ0v) is 18.1. The molecule has 0 aromatic heterocycles. The molecular weight excluding hydrogens is 418 g/mol. The Morgan fingerprint density at radius 2 is 1.76 bits per heavy atom. The molecule has 0 saturated carbocycles. The fourth-order valence-corrected chi connectivity index (χ4v) is 3.76. The second kappa shape index (κ2) is 9.99. The topological polar surface area (TPSA) is 102 Å². The van der Waals surface area contributed by atoms with E-state index in [1.807, 2.05) is 30.3 Å². The Balaban J connectivity index is 1.34. The molecule has 0 spiro atoms. The Labute approximate surface area is 192 Å². The minimum absolute atomic E-state index is 0.151.